The molecule has 1 aromatic rings. The van der Waals surface area contributed by atoms with Gasteiger partial charge in [-0.05, 0) is 19.8 Å². The van der Waals surface area contributed by atoms with Crippen LogP contribution in [-0.2, 0) is 11.3 Å². The van der Waals surface area contributed by atoms with Gasteiger partial charge >= 0.3 is 0 Å². The molecular formula is C14H24N4O. The van der Waals surface area contributed by atoms with E-state index in [4.69, 9.17) is 4.74 Å². The third-order valence-corrected chi connectivity index (χ3v) is 3.64. The third kappa shape index (κ3) is 3.56. The van der Waals surface area contributed by atoms with Crippen molar-refractivity contribution in [2.24, 2.45) is 0 Å². The number of nitrogens with one attached hydrogen (secondary N) is 1. The summed E-state index contributed by atoms with van der Waals surface area (Å²) in [6, 6.07) is 2.57. The van der Waals surface area contributed by atoms with Crippen molar-refractivity contribution in [3.05, 3.63) is 11.9 Å². The maximum Gasteiger partial charge on any atom is 0.158 e. The Labute approximate surface area is 115 Å². The molecule has 1 atom stereocenters. The van der Waals surface area contributed by atoms with Crippen LogP contribution in [0.25, 0.3) is 0 Å². The van der Waals surface area contributed by atoms with Gasteiger partial charge in [0.15, 0.2) is 5.82 Å². The molecule has 1 aliphatic heterocycles. The van der Waals surface area contributed by atoms with E-state index in [1.54, 1.807) is 7.11 Å². The second-order valence-corrected chi connectivity index (χ2v) is 5.10. The minimum atomic E-state index is 0.449. The lowest BCUT2D eigenvalue weighted by Gasteiger charge is -2.28. The number of nitrogens with zero attached hydrogens (tertiary/aromatic N) is 3. The van der Waals surface area contributed by atoms with Gasteiger partial charge in [-0.3, -0.25) is 0 Å². The van der Waals surface area contributed by atoms with E-state index < -0.39 is 0 Å². The number of methoxy groups -OCH3 is 1. The standard InChI is InChI=1S/C14H24N4O/c1-11-7-5-4-6-8-18(11)14-9-12(15-2)16-13(17-14)10-19-3/h9,11H,4-8,10H2,1-3H3,(H,15,16,17). The first-order valence-corrected chi connectivity index (χ1v) is 7.06. The van der Waals surface area contributed by atoms with E-state index in [2.05, 4.69) is 27.1 Å². The van der Waals surface area contributed by atoms with Gasteiger partial charge in [0.25, 0.3) is 0 Å². The number of ether oxygens (including phenoxy) is 1. The smallest absolute Gasteiger partial charge is 0.158 e. The first-order valence-electron chi connectivity index (χ1n) is 7.06. The Morgan fingerprint density at radius 1 is 1.37 bits per heavy atom. The van der Waals surface area contributed by atoms with Crippen LogP contribution < -0.4 is 10.2 Å². The van der Waals surface area contributed by atoms with Gasteiger partial charge in [0.2, 0.25) is 0 Å². The lowest BCUT2D eigenvalue weighted by molar-refractivity contribution is 0.178. The van der Waals surface area contributed by atoms with Gasteiger partial charge in [-0.25, -0.2) is 9.97 Å². The van der Waals surface area contributed by atoms with Crippen LogP contribution in [0.2, 0.25) is 0 Å². The maximum atomic E-state index is 5.15. The molecule has 1 fully saturated rings. The van der Waals surface area contributed by atoms with Crippen LogP contribution in [0.1, 0.15) is 38.4 Å². The maximum absolute atomic E-state index is 5.15. The van der Waals surface area contributed by atoms with E-state index in [0.29, 0.717) is 12.6 Å². The third-order valence-electron chi connectivity index (χ3n) is 3.64. The molecule has 1 N–H and O–H groups in total. The summed E-state index contributed by atoms with van der Waals surface area (Å²) in [7, 11) is 3.55. The van der Waals surface area contributed by atoms with E-state index in [-0.39, 0.29) is 0 Å². The highest BCUT2D eigenvalue weighted by atomic mass is 16.5. The molecule has 1 unspecified atom stereocenters. The quantitative estimate of drug-likeness (QED) is 0.905. The van der Waals surface area contributed by atoms with E-state index in [9.17, 15) is 0 Å². The Hall–Kier alpha value is -1.36. The summed E-state index contributed by atoms with van der Waals surface area (Å²) < 4.78 is 5.15. The van der Waals surface area contributed by atoms with Crippen molar-refractivity contribution in [1.29, 1.82) is 0 Å². The molecule has 1 saturated heterocycles. The van der Waals surface area contributed by atoms with Crippen molar-refractivity contribution < 1.29 is 4.74 Å². The largest absolute Gasteiger partial charge is 0.377 e. The van der Waals surface area contributed by atoms with E-state index in [1.165, 1.54) is 25.7 Å². The monoisotopic (exact) mass is 264 g/mol. The average Bonchev–Trinajstić information content (AvgIpc) is 2.63. The molecule has 5 nitrogen and oxygen atoms in total. The van der Waals surface area contributed by atoms with Gasteiger partial charge in [-0.15, -0.1) is 0 Å². The average molecular weight is 264 g/mol. The minimum Gasteiger partial charge on any atom is -0.377 e. The second-order valence-electron chi connectivity index (χ2n) is 5.10. The Bertz CT molecular complexity index is 410. The van der Waals surface area contributed by atoms with Crippen molar-refractivity contribution in [2.75, 3.05) is 30.9 Å². The number of aromatic nitrogens is 2. The summed E-state index contributed by atoms with van der Waals surface area (Å²) in [5.41, 5.74) is 0. The Morgan fingerprint density at radius 3 is 2.95 bits per heavy atom. The number of hydrogen-bond donors (Lipinski definition) is 1. The molecule has 0 aromatic carbocycles. The van der Waals surface area contributed by atoms with Crippen molar-refractivity contribution >= 4 is 11.6 Å². The molecule has 0 amide bonds. The summed E-state index contributed by atoms with van der Waals surface area (Å²) in [6.45, 7) is 3.81. The Kier molecular flexibility index (Phi) is 4.96. The second kappa shape index (κ2) is 6.70. The molecular weight excluding hydrogens is 240 g/mol. The van der Waals surface area contributed by atoms with Gasteiger partial charge in [0, 0.05) is 32.8 Å². The van der Waals surface area contributed by atoms with Crippen LogP contribution in [0.3, 0.4) is 0 Å². The molecule has 2 rings (SSSR count). The minimum absolute atomic E-state index is 0.449. The van der Waals surface area contributed by atoms with Crippen molar-refractivity contribution in [2.45, 2.75) is 45.3 Å². The molecule has 1 aliphatic rings. The lowest BCUT2D eigenvalue weighted by atomic mass is 10.1. The molecule has 0 radical (unpaired) electrons. The fraction of sp³-hybridized carbons (Fsp3) is 0.714. The van der Waals surface area contributed by atoms with Crippen LogP contribution in [0, 0.1) is 0 Å². The summed E-state index contributed by atoms with van der Waals surface area (Å²) in [5, 5.41) is 3.10. The lowest BCUT2D eigenvalue weighted by Crippen LogP contribution is -2.33. The SMILES string of the molecule is CNc1cc(N2CCCCCC2C)nc(COC)n1. The first-order chi connectivity index (χ1) is 9.24. The molecule has 0 bridgehead atoms. The van der Waals surface area contributed by atoms with Crippen LogP contribution >= 0.6 is 0 Å². The van der Waals surface area contributed by atoms with Crippen LogP contribution in [0.5, 0.6) is 0 Å². The van der Waals surface area contributed by atoms with Crippen LogP contribution in [0.4, 0.5) is 11.6 Å². The topological polar surface area (TPSA) is 50.3 Å². The van der Waals surface area contributed by atoms with Gasteiger partial charge in [-0.2, -0.15) is 0 Å². The highest BCUT2D eigenvalue weighted by Crippen LogP contribution is 2.24. The summed E-state index contributed by atoms with van der Waals surface area (Å²) in [6.07, 6.45) is 5.10. The zero-order chi connectivity index (χ0) is 13.7. The van der Waals surface area contributed by atoms with Crippen LogP contribution in [0.15, 0.2) is 6.07 Å². The first kappa shape index (κ1) is 14.1. The number of hydrogen-bond acceptors (Lipinski definition) is 5. The summed E-state index contributed by atoms with van der Waals surface area (Å²) >= 11 is 0. The molecule has 106 valence electrons. The number of anilines is 2. The van der Waals surface area contributed by atoms with E-state index in [0.717, 1.165) is 24.0 Å². The van der Waals surface area contributed by atoms with Crippen LogP contribution in [-0.4, -0.2) is 36.7 Å². The Morgan fingerprint density at radius 2 is 2.21 bits per heavy atom. The normalized spacial score (nSPS) is 20.2. The van der Waals surface area contributed by atoms with Gasteiger partial charge < -0.3 is 15.0 Å². The predicted octanol–water partition coefficient (Wildman–Crippen LogP) is 2.43. The molecule has 1 aromatic heterocycles. The fourth-order valence-electron chi connectivity index (χ4n) is 2.57. The van der Waals surface area contributed by atoms with Crippen molar-refractivity contribution in [1.82, 2.24) is 9.97 Å². The van der Waals surface area contributed by atoms with Gasteiger partial charge in [-0.1, -0.05) is 12.8 Å². The molecule has 0 saturated carbocycles. The highest BCUT2D eigenvalue weighted by molar-refractivity contribution is 5.49. The molecule has 0 spiro atoms. The zero-order valence-corrected chi connectivity index (χ0v) is 12.1. The molecule has 5 heteroatoms. The molecule has 19 heavy (non-hydrogen) atoms. The summed E-state index contributed by atoms with van der Waals surface area (Å²) in [5.74, 6) is 2.61. The van der Waals surface area contributed by atoms with Crippen molar-refractivity contribution in [3.63, 3.8) is 0 Å². The zero-order valence-electron chi connectivity index (χ0n) is 12.1. The molecule has 0 aliphatic carbocycles. The van der Waals surface area contributed by atoms with Gasteiger partial charge in [0.05, 0.1) is 0 Å². The fourth-order valence-corrected chi connectivity index (χ4v) is 2.57. The van der Waals surface area contributed by atoms with Gasteiger partial charge in [0.1, 0.15) is 18.2 Å². The number of rotatable bonds is 4. The van der Waals surface area contributed by atoms with Crippen molar-refractivity contribution in [3.8, 4) is 0 Å². The predicted molar refractivity (Wildman–Crippen MR) is 77.6 cm³/mol. The summed E-state index contributed by atoms with van der Waals surface area (Å²) in [4.78, 5) is 11.4. The Balaban J connectivity index is 2.27. The van der Waals surface area contributed by atoms with E-state index >= 15 is 0 Å². The van der Waals surface area contributed by atoms with E-state index in [1.807, 2.05) is 13.1 Å². The highest BCUT2D eigenvalue weighted by Gasteiger charge is 2.19. The molecule has 2 heterocycles.